The average molecular weight is 308 g/mol. The molecule has 0 radical (unpaired) electrons. The van der Waals surface area contributed by atoms with Crippen LogP contribution in [0.15, 0.2) is 39.5 Å². The van der Waals surface area contributed by atoms with Crippen molar-refractivity contribution in [3.05, 3.63) is 42.0 Å². The molecular formula is C14H16N2S3. The van der Waals surface area contributed by atoms with Gasteiger partial charge in [0.2, 0.25) is 0 Å². The van der Waals surface area contributed by atoms with Crippen LogP contribution < -0.4 is 0 Å². The largest absolute Gasteiger partial charge is 0.175 e. The number of hydrogen-bond acceptors (Lipinski definition) is 5. The maximum absolute atomic E-state index is 4.19. The van der Waals surface area contributed by atoms with Gasteiger partial charge in [0.15, 0.2) is 8.68 Å². The lowest BCUT2D eigenvalue weighted by Crippen LogP contribution is -1.88. The minimum atomic E-state index is 1.03. The van der Waals surface area contributed by atoms with Crippen LogP contribution in [0.2, 0.25) is 0 Å². The van der Waals surface area contributed by atoms with Crippen molar-refractivity contribution in [3.63, 3.8) is 0 Å². The predicted molar refractivity (Wildman–Crippen MR) is 87.3 cm³/mol. The molecule has 0 unspecified atom stereocenters. The summed E-state index contributed by atoms with van der Waals surface area (Å²) >= 11 is 5.22. The van der Waals surface area contributed by atoms with Crippen molar-refractivity contribution in [2.24, 2.45) is 0 Å². The lowest BCUT2D eigenvalue weighted by atomic mass is 10.1. The Bertz CT molecular complexity index is 537. The average Bonchev–Trinajstić information content (AvgIpc) is 2.87. The third-order valence-corrected chi connectivity index (χ3v) is 5.53. The molecule has 0 spiro atoms. The highest BCUT2D eigenvalue weighted by Crippen LogP contribution is 2.28. The maximum atomic E-state index is 4.19. The molecule has 0 bridgehead atoms. The number of aromatic nitrogens is 2. The minimum absolute atomic E-state index is 1.03. The molecule has 100 valence electrons. The summed E-state index contributed by atoms with van der Waals surface area (Å²) in [6.45, 7) is 5.93. The first-order valence-corrected chi connectivity index (χ1v) is 8.91. The van der Waals surface area contributed by atoms with E-state index < -0.39 is 0 Å². The van der Waals surface area contributed by atoms with Gasteiger partial charge in [-0.2, -0.15) is 0 Å². The van der Waals surface area contributed by atoms with Gasteiger partial charge in [0.1, 0.15) is 0 Å². The SMILES string of the molecule is C=Cc1cccc(CCSc2nnc(SCC)s2)c1. The zero-order valence-electron chi connectivity index (χ0n) is 10.8. The van der Waals surface area contributed by atoms with Gasteiger partial charge in [-0.1, -0.05) is 78.7 Å². The number of rotatable bonds is 7. The molecule has 0 amide bonds. The molecule has 2 nitrogen and oxygen atoms in total. The zero-order chi connectivity index (χ0) is 13.5. The van der Waals surface area contributed by atoms with Crippen molar-refractivity contribution in [3.8, 4) is 0 Å². The molecule has 2 rings (SSSR count). The van der Waals surface area contributed by atoms with E-state index in [0.717, 1.165) is 26.6 Å². The van der Waals surface area contributed by atoms with Crippen LogP contribution in [0.4, 0.5) is 0 Å². The van der Waals surface area contributed by atoms with E-state index in [1.54, 1.807) is 34.9 Å². The van der Waals surface area contributed by atoms with Gasteiger partial charge in [-0.25, -0.2) is 0 Å². The highest BCUT2D eigenvalue weighted by Gasteiger charge is 2.04. The Hall–Kier alpha value is -0.780. The van der Waals surface area contributed by atoms with E-state index in [9.17, 15) is 0 Å². The predicted octanol–water partition coefficient (Wildman–Crippen LogP) is 4.63. The molecule has 0 saturated heterocycles. The van der Waals surface area contributed by atoms with Crippen molar-refractivity contribution < 1.29 is 0 Å². The summed E-state index contributed by atoms with van der Waals surface area (Å²) in [5.41, 5.74) is 2.53. The second-order valence-electron chi connectivity index (χ2n) is 3.81. The molecule has 1 aromatic heterocycles. The molecule has 0 aliphatic heterocycles. The third-order valence-electron chi connectivity index (χ3n) is 2.46. The van der Waals surface area contributed by atoms with Crippen molar-refractivity contribution in [2.75, 3.05) is 11.5 Å². The molecule has 0 saturated carbocycles. The van der Waals surface area contributed by atoms with Crippen LogP contribution in [0, 0.1) is 0 Å². The standard InChI is InChI=1S/C14H16N2S3/c1-3-11-6-5-7-12(10-11)8-9-18-14-16-15-13(19-14)17-4-2/h3,5-7,10H,1,4,8-9H2,2H3. The van der Waals surface area contributed by atoms with Gasteiger partial charge < -0.3 is 0 Å². The molecule has 0 aliphatic carbocycles. The lowest BCUT2D eigenvalue weighted by Gasteiger charge is -2.01. The Morgan fingerprint density at radius 2 is 2.05 bits per heavy atom. The van der Waals surface area contributed by atoms with Gasteiger partial charge in [0.25, 0.3) is 0 Å². The number of benzene rings is 1. The minimum Gasteiger partial charge on any atom is -0.131 e. The molecule has 1 aromatic carbocycles. The monoisotopic (exact) mass is 308 g/mol. The normalized spacial score (nSPS) is 10.6. The van der Waals surface area contributed by atoms with E-state index in [1.807, 2.05) is 6.08 Å². The summed E-state index contributed by atoms with van der Waals surface area (Å²) in [7, 11) is 0. The van der Waals surface area contributed by atoms with Gasteiger partial charge in [0.05, 0.1) is 0 Å². The first-order chi connectivity index (χ1) is 9.31. The highest BCUT2D eigenvalue weighted by molar-refractivity contribution is 8.03. The fourth-order valence-electron chi connectivity index (χ4n) is 1.57. The third kappa shape index (κ3) is 4.67. The van der Waals surface area contributed by atoms with Crippen LogP contribution >= 0.6 is 34.9 Å². The Balaban J connectivity index is 1.83. The summed E-state index contributed by atoms with van der Waals surface area (Å²) < 4.78 is 2.13. The van der Waals surface area contributed by atoms with Crippen LogP contribution in [-0.4, -0.2) is 21.7 Å². The molecular weight excluding hydrogens is 292 g/mol. The zero-order valence-corrected chi connectivity index (χ0v) is 13.3. The van der Waals surface area contributed by atoms with Crippen LogP contribution in [-0.2, 0) is 6.42 Å². The number of nitrogens with zero attached hydrogens (tertiary/aromatic N) is 2. The fraction of sp³-hybridized carbons (Fsp3) is 0.286. The molecule has 0 fully saturated rings. The van der Waals surface area contributed by atoms with E-state index >= 15 is 0 Å². The summed E-state index contributed by atoms with van der Waals surface area (Å²) in [6, 6.07) is 8.50. The molecule has 0 atom stereocenters. The maximum Gasteiger partial charge on any atom is 0.175 e. The summed E-state index contributed by atoms with van der Waals surface area (Å²) in [4.78, 5) is 0. The molecule has 5 heteroatoms. The smallest absolute Gasteiger partial charge is 0.131 e. The molecule has 19 heavy (non-hydrogen) atoms. The van der Waals surface area contributed by atoms with E-state index in [-0.39, 0.29) is 0 Å². The topological polar surface area (TPSA) is 25.8 Å². The highest BCUT2D eigenvalue weighted by atomic mass is 32.2. The van der Waals surface area contributed by atoms with Crippen molar-refractivity contribution in [1.82, 2.24) is 10.2 Å². The number of hydrogen-bond donors (Lipinski definition) is 0. The number of aryl methyl sites for hydroxylation is 1. The van der Waals surface area contributed by atoms with Crippen molar-refractivity contribution in [2.45, 2.75) is 22.0 Å². The van der Waals surface area contributed by atoms with Crippen LogP contribution in [0.3, 0.4) is 0 Å². The van der Waals surface area contributed by atoms with Crippen LogP contribution in [0.25, 0.3) is 6.08 Å². The van der Waals surface area contributed by atoms with Crippen LogP contribution in [0.1, 0.15) is 18.1 Å². The second-order valence-corrected chi connectivity index (χ2v) is 7.65. The number of thioether (sulfide) groups is 2. The van der Waals surface area contributed by atoms with Gasteiger partial charge in [-0.05, 0) is 23.3 Å². The Kier molecular flexibility index (Phi) is 5.94. The fourth-order valence-corrected chi connectivity index (χ4v) is 4.55. The van der Waals surface area contributed by atoms with Crippen molar-refractivity contribution >= 4 is 40.9 Å². The van der Waals surface area contributed by atoms with E-state index in [4.69, 9.17) is 0 Å². The molecule has 2 aromatic rings. The second kappa shape index (κ2) is 7.72. The summed E-state index contributed by atoms with van der Waals surface area (Å²) in [6.07, 6.45) is 2.93. The Morgan fingerprint density at radius 3 is 2.79 bits per heavy atom. The summed E-state index contributed by atoms with van der Waals surface area (Å²) in [5.74, 6) is 2.08. The van der Waals surface area contributed by atoms with Crippen LogP contribution in [0.5, 0.6) is 0 Å². The van der Waals surface area contributed by atoms with Gasteiger partial charge >= 0.3 is 0 Å². The Morgan fingerprint density at radius 1 is 1.26 bits per heavy atom. The van der Waals surface area contributed by atoms with E-state index in [0.29, 0.717) is 0 Å². The van der Waals surface area contributed by atoms with Gasteiger partial charge in [0, 0.05) is 5.75 Å². The van der Waals surface area contributed by atoms with Gasteiger partial charge in [-0.15, -0.1) is 10.2 Å². The molecule has 1 heterocycles. The van der Waals surface area contributed by atoms with Crippen molar-refractivity contribution in [1.29, 1.82) is 0 Å². The lowest BCUT2D eigenvalue weighted by molar-refractivity contribution is 0.954. The summed E-state index contributed by atoms with van der Waals surface area (Å²) in [5, 5.41) is 8.35. The first kappa shape index (κ1) is 14.6. The quantitative estimate of drug-likeness (QED) is 0.697. The van der Waals surface area contributed by atoms with Gasteiger partial charge in [-0.3, -0.25) is 0 Å². The van der Waals surface area contributed by atoms with E-state index in [1.165, 1.54) is 11.1 Å². The van der Waals surface area contributed by atoms with E-state index in [2.05, 4.69) is 48.0 Å². The molecule has 0 aliphatic rings. The Labute approximate surface area is 126 Å². The first-order valence-electron chi connectivity index (χ1n) is 6.12. The molecule has 0 N–H and O–H groups in total.